The first-order valence-electron chi connectivity index (χ1n) is 4.62. The van der Waals surface area contributed by atoms with Gasteiger partial charge in [0.1, 0.15) is 6.61 Å². The number of para-hydroxylation sites is 2. The van der Waals surface area contributed by atoms with Gasteiger partial charge >= 0.3 is 6.09 Å². The van der Waals surface area contributed by atoms with Crippen molar-refractivity contribution in [3.63, 3.8) is 0 Å². The minimum absolute atomic E-state index is 0.0789. The average molecular weight is 235 g/mol. The number of hydrogen-bond acceptors (Lipinski definition) is 4. The smallest absolute Gasteiger partial charge is 0.422 e. The molecule has 0 atom stereocenters. The van der Waals surface area contributed by atoms with Gasteiger partial charge in [0.05, 0.1) is 5.52 Å². The van der Waals surface area contributed by atoms with Gasteiger partial charge in [-0.05, 0) is 24.4 Å². The molecule has 0 N–H and O–H groups in total. The Balaban J connectivity index is 2.51. The number of rotatable bonds is 2. The van der Waals surface area contributed by atoms with Gasteiger partial charge in [-0.25, -0.2) is 9.36 Å². The van der Waals surface area contributed by atoms with Crippen molar-refractivity contribution in [2.24, 2.45) is 0 Å². The molecule has 2 aromatic rings. The number of ether oxygens (including phenoxy) is 1. The molecule has 0 spiro atoms. The maximum absolute atomic E-state index is 11.7. The summed E-state index contributed by atoms with van der Waals surface area (Å²) in [6.07, 6.45) is 0.930. The highest BCUT2D eigenvalue weighted by molar-refractivity contribution is 7.71. The largest absolute Gasteiger partial charge is 0.445 e. The van der Waals surface area contributed by atoms with Crippen LogP contribution in [0.5, 0.6) is 0 Å². The van der Waals surface area contributed by atoms with E-state index in [1.165, 1.54) is 10.6 Å². The molecule has 0 bridgehead atoms. The maximum Gasteiger partial charge on any atom is 0.422 e. The Kier molecular flexibility index (Phi) is 2.87. The summed E-state index contributed by atoms with van der Waals surface area (Å²) in [4.78, 5) is 11.7. The van der Waals surface area contributed by atoms with E-state index < -0.39 is 6.09 Å². The fourth-order valence-electron chi connectivity index (χ4n) is 1.33. The zero-order chi connectivity index (χ0) is 11.5. The number of carbonyl (C=O) groups is 1. The molecule has 2 rings (SSSR count). The first-order chi connectivity index (χ1) is 7.74. The summed E-state index contributed by atoms with van der Waals surface area (Å²) < 4.78 is 11.4. The minimum atomic E-state index is -0.560. The van der Waals surface area contributed by atoms with Crippen molar-refractivity contribution in [1.82, 2.24) is 4.57 Å². The van der Waals surface area contributed by atoms with Crippen molar-refractivity contribution in [2.45, 2.75) is 0 Å². The molecule has 0 saturated heterocycles. The highest BCUT2D eigenvalue weighted by Crippen LogP contribution is 2.17. The second-order valence-electron chi connectivity index (χ2n) is 3.04. The van der Waals surface area contributed by atoms with E-state index in [0.717, 1.165) is 0 Å². The van der Waals surface area contributed by atoms with E-state index >= 15 is 0 Å². The summed E-state index contributed by atoms with van der Waals surface area (Å²) in [7, 11) is 0. The molecule has 1 heterocycles. The summed E-state index contributed by atoms with van der Waals surface area (Å²) in [6, 6.07) is 7.08. The van der Waals surface area contributed by atoms with Gasteiger partial charge in [-0.2, -0.15) is 0 Å². The number of fused-ring (bicyclic) bond motifs is 1. The zero-order valence-corrected chi connectivity index (χ0v) is 9.20. The van der Waals surface area contributed by atoms with E-state index in [1.807, 2.05) is 0 Å². The van der Waals surface area contributed by atoms with Crippen molar-refractivity contribution >= 4 is 29.4 Å². The Hall–Kier alpha value is -1.88. The highest BCUT2D eigenvalue weighted by atomic mass is 32.1. The Labute approximate surface area is 96.7 Å². The fourth-order valence-corrected chi connectivity index (χ4v) is 1.60. The number of hydrogen-bond donors (Lipinski definition) is 0. The number of aromatic nitrogens is 1. The predicted molar refractivity (Wildman–Crippen MR) is 62.0 cm³/mol. The molecule has 0 amide bonds. The van der Waals surface area contributed by atoms with Gasteiger partial charge in [0.25, 0.3) is 4.84 Å². The molecule has 4 nitrogen and oxygen atoms in total. The van der Waals surface area contributed by atoms with Crippen molar-refractivity contribution in [1.29, 1.82) is 0 Å². The number of carbonyl (C=O) groups excluding carboxylic acids is 1. The van der Waals surface area contributed by atoms with E-state index in [-0.39, 0.29) is 11.4 Å². The Bertz CT molecular complexity index is 597. The van der Waals surface area contributed by atoms with E-state index in [0.29, 0.717) is 11.1 Å². The zero-order valence-electron chi connectivity index (χ0n) is 8.38. The molecule has 5 heteroatoms. The molecule has 16 heavy (non-hydrogen) atoms. The van der Waals surface area contributed by atoms with E-state index in [9.17, 15) is 4.79 Å². The lowest BCUT2D eigenvalue weighted by Crippen LogP contribution is -2.13. The molecule has 0 aliphatic rings. The van der Waals surface area contributed by atoms with Crippen molar-refractivity contribution in [2.75, 3.05) is 6.61 Å². The molecule has 0 fully saturated rings. The van der Waals surface area contributed by atoms with Gasteiger partial charge in [0, 0.05) is 0 Å². The normalized spacial score (nSPS) is 10.2. The van der Waals surface area contributed by atoms with Crippen LogP contribution < -0.4 is 0 Å². The first kappa shape index (κ1) is 10.6. The third kappa shape index (κ3) is 1.77. The quantitative estimate of drug-likeness (QED) is 0.592. The maximum atomic E-state index is 11.7. The van der Waals surface area contributed by atoms with E-state index in [2.05, 4.69) is 6.58 Å². The Morgan fingerprint density at radius 2 is 2.31 bits per heavy atom. The van der Waals surface area contributed by atoms with E-state index in [1.54, 1.807) is 24.3 Å². The molecule has 0 unspecified atom stereocenters. The lowest BCUT2D eigenvalue weighted by Gasteiger charge is -2.01. The molecular formula is C11H9NO3S. The summed E-state index contributed by atoms with van der Waals surface area (Å²) in [5.41, 5.74) is 1.16. The fraction of sp³-hybridized carbons (Fsp3) is 0.0909. The molecule has 0 radical (unpaired) electrons. The van der Waals surface area contributed by atoms with Crippen LogP contribution in [0.2, 0.25) is 0 Å². The van der Waals surface area contributed by atoms with Gasteiger partial charge in [0.15, 0.2) is 5.58 Å². The monoisotopic (exact) mass is 235 g/mol. The van der Waals surface area contributed by atoms with Crippen LogP contribution in [0.15, 0.2) is 41.3 Å². The molecule has 0 aliphatic heterocycles. The van der Waals surface area contributed by atoms with Gasteiger partial charge in [-0.15, -0.1) is 0 Å². The lowest BCUT2D eigenvalue weighted by atomic mass is 10.3. The van der Waals surface area contributed by atoms with Crippen LogP contribution in [0.25, 0.3) is 11.1 Å². The molecule has 0 saturated carbocycles. The second-order valence-corrected chi connectivity index (χ2v) is 3.39. The van der Waals surface area contributed by atoms with E-state index in [4.69, 9.17) is 21.4 Å². The van der Waals surface area contributed by atoms with Gasteiger partial charge < -0.3 is 9.15 Å². The van der Waals surface area contributed by atoms with Crippen LogP contribution >= 0.6 is 12.2 Å². The summed E-state index contributed by atoms with van der Waals surface area (Å²) in [5.74, 6) is 0. The molecule has 1 aromatic carbocycles. The van der Waals surface area contributed by atoms with Gasteiger partial charge in [0.2, 0.25) is 0 Å². The summed E-state index contributed by atoms with van der Waals surface area (Å²) >= 11 is 4.95. The van der Waals surface area contributed by atoms with Crippen LogP contribution in [0.3, 0.4) is 0 Å². The average Bonchev–Trinajstić information content (AvgIpc) is 2.62. The predicted octanol–water partition coefficient (Wildman–Crippen LogP) is 3.13. The first-order valence-corrected chi connectivity index (χ1v) is 5.03. The molecule has 82 valence electrons. The lowest BCUT2D eigenvalue weighted by molar-refractivity contribution is 0.159. The SMILES string of the molecule is C=CCOC(=O)n1c(=S)oc2ccccc21. The highest BCUT2D eigenvalue weighted by Gasteiger charge is 2.13. The standard InChI is InChI=1S/C11H9NO3S/c1-2-7-14-10(13)12-8-5-3-4-6-9(8)15-11(12)16/h2-6H,1,7H2. The van der Waals surface area contributed by atoms with Crippen LogP contribution in [-0.2, 0) is 4.74 Å². The van der Waals surface area contributed by atoms with Crippen LogP contribution in [0.1, 0.15) is 0 Å². The van der Waals surface area contributed by atoms with Gasteiger partial charge in [-0.1, -0.05) is 24.8 Å². The Morgan fingerprint density at radius 3 is 3.06 bits per heavy atom. The van der Waals surface area contributed by atoms with Crippen LogP contribution in [0, 0.1) is 4.84 Å². The molecular weight excluding hydrogens is 226 g/mol. The second kappa shape index (κ2) is 4.32. The van der Waals surface area contributed by atoms with Crippen molar-refractivity contribution < 1.29 is 13.9 Å². The third-order valence-corrected chi connectivity index (χ3v) is 2.26. The van der Waals surface area contributed by atoms with Crippen LogP contribution in [-0.4, -0.2) is 17.3 Å². The van der Waals surface area contributed by atoms with Gasteiger partial charge in [-0.3, -0.25) is 0 Å². The summed E-state index contributed by atoms with van der Waals surface area (Å²) in [5, 5.41) is 0. The number of benzene rings is 1. The summed E-state index contributed by atoms with van der Waals surface area (Å²) in [6.45, 7) is 3.60. The number of oxazole rings is 1. The van der Waals surface area contributed by atoms with Crippen molar-refractivity contribution in [3.05, 3.63) is 41.8 Å². The molecule has 1 aromatic heterocycles. The number of nitrogens with zero attached hydrogens (tertiary/aromatic N) is 1. The minimum Gasteiger partial charge on any atom is -0.445 e. The Morgan fingerprint density at radius 1 is 1.56 bits per heavy atom. The topological polar surface area (TPSA) is 44.4 Å². The van der Waals surface area contributed by atoms with Crippen LogP contribution in [0.4, 0.5) is 4.79 Å². The molecule has 0 aliphatic carbocycles. The third-order valence-electron chi connectivity index (χ3n) is 1.99. The van der Waals surface area contributed by atoms with Crippen molar-refractivity contribution in [3.8, 4) is 0 Å².